The highest BCUT2D eigenvalue weighted by Gasteiger charge is 2.21. The Hall–Kier alpha value is -1.60. The number of imide groups is 1. The average molecular weight is 344 g/mol. The summed E-state index contributed by atoms with van der Waals surface area (Å²) in [5, 5.41) is 2.66. The number of amides is 3. The molecule has 0 aromatic heterocycles. The van der Waals surface area contributed by atoms with E-state index in [1.165, 1.54) is 0 Å². The number of ether oxygens (including phenoxy) is 1. The van der Waals surface area contributed by atoms with Crippen LogP contribution < -0.4 is 11.1 Å². The highest BCUT2D eigenvalue weighted by atomic mass is 79.9. The smallest absolute Gasteiger partial charge is 0.418 e. The number of nitrogens with one attached hydrogen (secondary N) is 1. The van der Waals surface area contributed by atoms with Gasteiger partial charge in [0.25, 0.3) is 0 Å². The Labute approximate surface area is 126 Å². The van der Waals surface area contributed by atoms with Crippen LogP contribution in [0.25, 0.3) is 0 Å². The summed E-state index contributed by atoms with van der Waals surface area (Å²) in [5.74, 6) is 0. The first-order valence-corrected chi connectivity index (χ1v) is 7.04. The molecule has 0 unspecified atom stereocenters. The van der Waals surface area contributed by atoms with Crippen molar-refractivity contribution in [2.45, 2.75) is 13.5 Å². The Morgan fingerprint density at radius 1 is 1.45 bits per heavy atom. The Morgan fingerprint density at radius 2 is 2.20 bits per heavy atom. The van der Waals surface area contributed by atoms with E-state index in [4.69, 9.17) is 10.5 Å². The molecule has 6 nitrogen and oxygen atoms in total. The minimum absolute atomic E-state index is 0.114. The summed E-state index contributed by atoms with van der Waals surface area (Å²) in [6.07, 6.45) is -0.690. The molecule has 7 heteroatoms. The molecule has 3 N–H and O–H groups in total. The van der Waals surface area contributed by atoms with E-state index in [1.807, 2.05) is 24.3 Å². The quantitative estimate of drug-likeness (QED) is 0.856. The van der Waals surface area contributed by atoms with Crippen LogP contribution in [0.1, 0.15) is 12.5 Å². The molecule has 20 heavy (non-hydrogen) atoms. The van der Waals surface area contributed by atoms with Gasteiger partial charge in [0.15, 0.2) is 0 Å². The molecule has 0 saturated heterocycles. The summed E-state index contributed by atoms with van der Waals surface area (Å²) in [6, 6.07) is 7.01. The maximum atomic E-state index is 12.0. The second-order valence-corrected chi connectivity index (χ2v) is 4.84. The SMILES string of the molecule is CCOC(=O)N(CCN)C(=O)NCc1cccc(Br)c1. The number of carbonyl (C=O) groups excluding carboxylic acids is 2. The number of carbonyl (C=O) groups is 2. The zero-order valence-electron chi connectivity index (χ0n) is 11.3. The monoisotopic (exact) mass is 343 g/mol. The predicted octanol–water partition coefficient (Wildman–Crippen LogP) is 2.08. The third-order valence-electron chi connectivity index (χ3n) is 2.42. The zero-order valence-corrected chi connectivity index (χ0v) is 12.9. The third kappa shape index (κ3) is 5.18. The molecule has 1 rings (SSSR count). The summed E-state index contributed by atoms with van der Waals surface area (Å²) < 4.78 is 5.74. The first-order valence-electron chi connectivity index (χ1n) is 6.25. The fourth-order valence-corrected chi connectivity index (χ4v) is 1.97. The van der Waals surface area contributed by atoms with Crippen molar-refractivity contribution in [2.75, 3.05) is 19.7 Å². The summed E-state index contributed by atoms with van der Waals surface area (Å²) >= 11 is 3.35. The lowest BCUT2D eigenvalue weighted by Crippen LogP contribution is -2.46. The highest BCUT2D eigenvalue weighted by Crippen LogP contribution is 2.11. The molecule has 0 heterocycles. The first kappa shape index (κ1) is 16.5. The Kier molecular flexibility index (Phi) is 7.03. The Morgan fingerprint density at radius 3 is 2.80 bits per heavy atom. The normalized spacial score (nSPS) is 9.95. The Balaban J connectivity index is 2.59. The van der Waals surface area contributed by atoms with Crippen molar-refractivity contribution in [2.24, 2.45) is 5.73 Å². The van der Waals surface area contributed by atoms with Crippen LogP contribution in [0.15, 0.2) is 28.7 Å². The standard InChI is InChI=1S/C13H18BrN3O3/c1-2-20-13(19)17(7-6-15)12(18)16-9-10-4-3-5-11(14)8-10/h3-5,8H,2,6-7,9,15H2,1H3,(H,16,18). The van der Waals surface area contributed by atoms with Gasteiger partial charge in [-0.3, -0.25) is 0 Å². The van der Waals surface area contributed by atoms with Crippen molar-refractivity contribution in [1.29, 1.82) is 0 Å². The second-order valence-electron chi connectivity index (χ2n) is 3.93. The van der Waals surface area contributed by atoms with E-state index in [1.54, 1.807) is 6.92 Å². The fraction of sp³-hybridized carbons (Fsp3) is 0.385. The predicted molar refractivity (Wildman–Crippen MR) is 79.2 cm³/mol. The van der Waals surface area contributed by atoms with Gasteiger partial charge in [0.1, 0.15) is 0 Å². The molecule has 0 spiro atoms. The van der Waals surface area contributed by atoms with E-state index in [9.17, 15) is 9.59 Å². The number of benzene rings is 1. The number of nitrogens with zero attached hydrogens (tertiary/aromatic N) is 1. The minimum atomic E-state index is -0.690. The fourth-order valence-electron chi connectivity index (χ4n) is 1.53. The van der Waals surface area contributed by atoms with Crippen LogP contribution in [0.2, 0.25) is 0 Å². The lowest BCUT2D eigenvalue weighted by Gasteiger charge is -2.19. The van der Waals surface area contributed by atoms with Gasteiger partial charge in [-0.2, -0.15) is 0 Å². The summed E-state index contributed by atoms with van der Waals surface area (Å²) in [6.45, 7) is 2.50. The van der Waals surface area contributed by atoms with E-state index < -0.39 is 12.1 Å². The molecule has 0 aliphatic carbocycles. The molecule has 0 bridgehead atoms. The van der Waals surface area contributed by atoms with Gasteiger partial charge >= 0.3 is 12.1 Å². The highest BCUT2D eigenvalue weighted by molar-refractivity contribution is 9.10. The van der Waals surface area contributed by atoms with Gasteiger partial charge in [-0.25, -0.2) is 14.5 Å². The van der Waals surface area contributed by atoms with Crippen LogP contribution in [-0.2, 0) is 11.3 Å². The average Bonchev–Trinajstić information content (AvgIpc) is 2.42. The van der Waals surface area contributed by atoms with Crippen LogP contribution in [-0.4, -0.2) is 36.7 Å². The summed E-state index contributed by atoms with van der Waals surface area (Å²) in [7, 11) is 0. The maximum Gasteiger partial charge on any atom is 0.418 e. The van der Waals surface area contributed by atoms with Gasteiger partial charge in [-0.05, 0) is 24.6 Å². The summed E-state index contributed by atoms with van der Waals surface area (Å²) in [4.78, 5) is 24.5. The van der Waals surface area contributed by atoms with Crippen LogP contribution in [0.5, 0.6) is 0 Å². The zero-order chi connectivity index (χ0) is 15.0. The Bertz CT molecular complexity index is 468. The number of rotatable bonds is 5. The molecule has 0 saturated carbocycles. The van der Waals surface area contributed by atoms with Crippen molar-refractivity contribution in [3.05, 3.63) is 34.3 Å². The van der Waals surface area contributed by atoms with Crippen molar-refractivity contribution >= 4 is 28.1 Å². The number of urea groups is 1. The number of nitrogens with two attached hydrogens (primary N) is 1. The van der Waals surface area contributed by atoms with Crippen molar-refractivity contribution in [3.8, 4) is 0 Å². The largest absolute Gasteiger partial charge is 0.449 e. The number of halogens is 1. The number of hydrogen-bond donors (Lipinski definition) is 2. The van der Waals surface area contributed by atoms with Gasteiger partial charge in [0.2, 0.25) is 0 Å². The molecular formula is C13H18BrN3O3. The van der Waals surface area contributed by atoms with Gasteiger partial charge < -0.3 is 15.8 Å². The summed E-state index contributed by atoms with van der Waals surface area (Å²) in [5.41, 5.74) is 6.31. The van der Waals surface area contributed by atoms with Crippen molar-refractivity contribution in [3.63, 3.8) is 0 Å². The van der Waals surface area contributed by atoms with Crippen LogP contribution in [0.3, 0.4) is 0 Å². The molecule has 110 valence electrons. The lowest BCUT2D eigenvalue weighted by molar-refractivity contribution is 0.115. The van der Waals surface area contributed by atoms with Crippen molar-refractivity contribution in [1.82, 2.24) is 10.2 Å². The topological polar surface area (TPSA) is 84.7 Å². The molecule has 0 aliphatic heterocycles. The second kappa shape index (κ2) is 8.55. The molecule has 3 amide bonds. The number of hydrogen-bond acceptors (Lipinski definition) is 4. The molecule has 0 atom stereocenters. The van der Waals surface area contributed by atoms with E-state index in [-0.39, 0.29) is 19.7 Å². The van der Waals surface area contributed by atoms with E-state index >= 15 is 0 Å². The van der Waals surface area contributed by atoms with Gasteiger partial charge in [-0.15, -0.1) is 0 Å². The van der Waals surface area contributed by atoms with Gasteiger partial charge in [0, 0.05) is 24.1 Å². The first-order chi connectivity index (χ1) is 9.58. The van der Waals surface area contributed by atoms with Gasteiger partial charge in [-0.1, -0.05) is 28.1 Å². The molecule has 0 fully saturated rings. The molecule has 1 aromatic carbocycles. The van der Waals surface area contributed by atoms with Crippen LogP contribution in [0, 0.1) is 0 Å². The molecule has 0 aliphatic rings. The van der Waals surface area contributed by atoms with Crippen LogP contribution in [0.4, 0.5) is 9.59 Å². The van der Waals surface area contributed by atoms with E-state index in [2.05, 4.69) is 21.2 Å². The van der Waals surface area contributed by atoms with Crippen LogP contribution >= 0.6 is 15.9 Å². The lowest BCUT2D eigenvalue weighted by atomic mass is 10.2. The van der Waals surface area contributed by atoms with E-state index in [0.29, 0.717) is 6.54 Å². The third-order valence-corrected chi connectivity index (χ3v) is 2.91. The molecular weight excluding hydrogens is 326 g/mol. The van der Waals surface area contributed by atoms with Gasteiger partial charge in [0.05, 0.1) is 6.61 Å². The molecule has 0 radical (unpaired) electrons. The molecule has 1 aromatic rings. The minimum Gasteiger partial charge on any atom is -0.449 e. The van der Waals surface area contributed by atoms with E-state index in [0.717, 1.165) is 14.9 Å². The van der Waals surface area contributed by atoms with Crippen molar-refractivity contribution < 1.29 is 14.3 Å². The maximum absolute atomic E-state index is 12.0.